The van der Waals surface area contributed by atoms with Crippen molar-refractivity contribution < 1.29 is 26.4 Å². The maximum atomic E-state index is 13.1. The van der Waals surface area contributed by atoms with Gasteiger partial charge in [-0.15, -0.1) is 0 Å². The zero-order chi connectivity index (χ0) is 22.7. The van der Waals surface area contributed by atoms with Crippen molar-refractivity contribution in [2.24, 2.45) is 5.10 Å². The summed E-state index contributed by atoms with van der Waals surface area (Å²) in [5.74, 6) is -0.835. The van der Waals surface area contributed by atoms with Gasteiger partial charge in [-0.25, -0.2) is 13.8 Å². The highest BCUT2D eigenvalue weighted by molar-refractivity contribution is 9.10. The quantitative estimate of drug-likeness (QED) is 0.447. The summed E-state index contributed by atoms with van der Waals surface area (Å²) in [4.78, 5) is 12.2. The lowest BCUT2D eigenvalue weighted by atomic mass is 10.1. The van der Waals surface area contributed by atoms with Crippen molar-refractivity contribution in [2.45, 2.75) is 13.1 Å². The molecule has 0 aromatic heterocycles. The number of nitrogens with zero attached hydrogens (tertiary/aromatic N) is 2. The van der Waals surface area contributed by atoms with Gasteiger partial charge in [0.1, 0.15) is 6.54 Å². The number of carbonyl (C=O) groups is 1. The lowest BCUT2D eigenvalue weighted by Gasteiger charge is -2.22. The minimum atomic E-state index is -4.79. The maximum absolute atomic E-state index is 13.1. The van der Waals surface area contributed by atoms with E-state index in [4.69, 9.17) is 11.6 Å². The fourth-order valence-corrected chi connectivity index (χ4v) is 3.85. The van der Waals surface area contributed by atoms with Gasteiger partial charge in [-0.1, -0.05) is 39.7 Å². The predicted molar refractivity (Wildman–Crippen MR) is 113 cm³/mol. The van der Waals surface area contributed by atoms with Crippen LogP contribution in [0, 0.1) is 0 Å². The highest BCUT2D eigenvalue weighted by atomic mass is 79.9. The zero-order valence-corrected chi connectivity index (χ0v) is 18.8. The van der Waals surface area contributed by atoms with Crippen molar-refractivity contribution in [3.63, 3.8) is 0 Å². The molecule has 2 aromatic rings. The summed E-state index contributed by atoms with van der Waals surface area (Å²) in [6, 6.07) is 9.68. The number of anilines is 1. The van der Waals surface area contributed by atoms with Crippen molar-refractivity contribution in [3.8, 4) is 0 Å². The molecule has 0 unspecified atom stereocenters. The Morgan fingerprint density at radius 1 is 1.23 bits per heavy atom. The molecular formula is C18H16BrClF3N3O3S. The molecule has 2 rings (SSSR count). The number of benzene rings is 2. The molecule has 0 saturated carbocycles. The third-order valence-corrected chi connectivity index (χ3v) is 5.78. The molecular weight excluding hydrogens is 511 g/mol. The number of amides is 1. The van der Waals surface area contributed by atoms with Crippen molar-refractivity contribution in [1.29, 1.82) is 0 Å². The third-order valence-electron chi connectivity index (χ3n) is 3.82. The molecule has 0 aliphatic carbocycles. The van der Waals surface area contributed by atoms with E-state index in [1.54, 1.807) is 31.2 Å². The van der Waals surface area contributed by atoms with E-state index in [-0.39, 0.29) is 5.69 Å². The van der Waals surface area contributed by atoms with Gasteiger partial charge in [-0.3, -0.25) is 9.10 Å². The molecule has 30 heavy (non-hydrogen) atoms. The number of hydrogen-bond donors (Lipinski definition) is 1. The Morgan fingerprint density at radius 2 is 1.90 bits per heavy atom. The van der Waals surface area contributed by atoms with E-state index >= 15 is 0 Å². The van der Waals surface area contributed by atoms with Gasteiger partial charge in [0, 0.05) is 4.47 Å². The molecule has 2 aromatic carbocycles. The number of carbonyl (C=O) groups excluding carboxylic acids is 1. The fourth-order valence-electron chi connectivity index (χ4n) is 2.38. The van der Waals surface area contributed by atoms with Crippen LogP contribution in [0.5, 0.6) is 0 Å². The Hall–Kier alpha value is -2.11. The number of hydrazone groups is 1. The number of rotatable bonds is 6. The Balaban J connectivity index is 2.26. The molecule has 1 amide bonds. The van der Waals surface area contributed by atoms with Crippen LogP contribution in [0.15, 0.2) is 52.0 Å². The van der Waals surface area contributed by atoms with Crippen LogP contribution in [0.1, 0.15) is 18.1 Å². The summed E-state index contributed by atoms with van der Waals surface area (Å²) in [6.07, 6.45) is -4.01. The van der Waals surface area contributed by atoms with Crippen molar-refractivity contribution >= 4 is 54.9 Å². The number of alkyl halides is 3. The van der Waals surface area contributed by atoms with Gasteiger partial charge in [0.15, 0.2) is 0 Å². The second-order valence-electron chi connectivity index (χ2n) is 6.17. The summed E-state index contributed by atoms with van der Waals surface area (Å²) >= 11 is 8.88. The number of sulfonamides is 1. The number of hydrogen-bond acceptors (Lipinski definition) is 4. The summed E-state index contributed by atoms with van der Waals surface area (Å²) < 4.78 is 64.8. The Kier molecular flexibility index (Phi) is 7.54. The topological polar surface area (TPSA) is 78.8 Å². The first-order chi connectivity index (χ1) is 13.8. The first kappa shape index (κ1) is 24.2. The van der Waals surface area contributed by atoms with Gasteiger partial charge >= 0.3 is 6.18 Å². The molecule has 12 heteroatoms. The van der Waals surface area contributed by atoms with Crippen LogP contribution >= 0.6 is 27.5 Å². The van der Waals surface area contributed by atoms with E-state index in [2.05, 4.69) is 26.5 Å². The molecule has 0 atom stereocenters. The molecule has 0 spiro atoms. The molecule has 0 radical (unpaired) electrons. The molecule has 162 valence electrons. The number of nitrogens with one attached hydrogen (secondary N) is 1. The second kappa shape index (κ2) is 9.36. The van der Waals surface area contributed by atoms with Crippen molar-refractivity contribution in [2.75, 3.05) is 17.1 Å². The Morgan fingerprint density at radius 3 is 2.47 bits per heavy atom. The molecule has 0 aliphatic heterocycles. The summed E-state index contributed by atoms with van der Waals surface area (Å²) in [6.45, 7) is 0.859. The van der Waals surface area contributed by atoms with E-state index in [1.807, 2.05) is 0 Å². The minimum Gasteiger partial charge on any atom is -0.271 e. The molecule has 1 N–H and O–H groups in total. The average Bonchev–Trinajstić information content (AvgIpc) is 2.63. The van der Waals surface area contributed by atoms with Gasteiger partial charge in [-0.05, 0) is 42.8 Å². The maximum Gasteiger partial charge on any atom is 0.417 e. The van der Waals surface area contributed by atoms with Crippen LogP contribution in [0.4, 0.5) is 18.9 Å². The van der Waals surface area contributed by atoms with Crippen LogP contribution in [0.2, 0.25) is 5.02 Å². The number of halogens is 5. The van der Waals surface area contributed by atoms with E-state index in [0.29, 0.717) is 21.6 Å². The van der Waals surface area contributed by atoms with E-state index in [0.717, 1.165) is 22.9 Å². The third kappa shape index (κ3) is 6.44. The summed E-state index contributed by atoms with van der Waals surface area (Å²) in [5, 5.41) is 3.32. The van der Waals surface area contributed by atoms with Crippen molar-refractivity contribution in [1.82, 2.24) is 5.43 Å². The SMILES string of the molecule is C/C(=N/NC(=O)CN(c1ccc(Cl)c(C(F)(F)F)c1)S(C)(=O)=O)c1cccc(Br)c1. The van der Waals surface area contributed by atoms with Gasteiger partial charge in [-0.2, -0.15) is 18.3 Å². The lowest BCUT2D eigenvalue weighted by Crippen LogP contribution is -2.39. The summed E-state index contributed by atoms with van der Waals surface area (Å²) in [5.41, 5.74) is 1.80. The predicted octanol–water partition coefficient (Wildman–Crippen LogP) is 4.43. The highest BCUT2D eigenvalue weighted by Crippen LogP contribution is 2.37. The van der Waals surface area contributed by atoms with Crippen LogP contribution < -0.4 is 9.73 Å². The van der Waals surface area contributed by atoms with Crippen LogP contribution in [-0.2, 0) is 21.0 Å². The molecule has 0 bridgehead atoms. The van der Waals surface area contributed by atoms with Gasteiger partial charge in [0.2, 0.25) is 10.0 Å². The Bertz CT molecular complexity index is 1090. The monoisotopic (exact) mass is 525 g/mol. The highest BCUT2D eigenvalue weighted by Gasteiger charge is 2.34. The largest absolute Gasteiger partial charge is 0.417 e. The minimum absolute atomic E-state index is 0.350. The molecule has 0 fully saturated rings. The van der Waals surface area contributed by atoms with Gasteiger partial charge in [0.25, 0.3) is 5.91 Å². The van der Waals surface area contributed by atoms with Gasteiger partial charge < -0.3 is 0 Å². The smallest absolute Gasteiger partial charge is 0.271 e. The normalized spacial score (nSPS) is 12.6. The Labute approximate surface area is 184 Å². The van der Waals surface area contributed by atoms with E-state index in [9.17, 15) is 26.4 Å². The van der Waals surface area contributed by atoms with Gasteiger partial charge in [0.05, 0.1) is 28.2 Å². The zero-order valence-electron chi connectivity index (χ0n) is 15.7. The van der Waals surface area contributed by atoms with E-state index < -0.39 is 39.2 Å². The van der Waals surface area contributed by atoms with Crippen molar-refractivity contribution in [3.05, 3.63) is 63.1 Å². The van der Waals surface area contributed by atoms with Crippen LogP contribution in [0.3, 0.4) is 0 Å². The van der Waals surface area contributed by atoms with Crippen LogP contribution in [-0.4, -0.2) is 32.8 Å². The first-order valence-electron chi connectivity index (χ1n) is 8.22. The lowest BCUT2D eigenvalue weighted by molar-refractivity contribution is -0.137. The average molecular weight is 527 g/mol. The molecule has 0 heterocycles. The van der Waals surface area contributed by atoms with E-state index in [1.165, 1.54) is 0 Å². The first-order valence-corrected chi connectivity index (χ1v) is 11.2. The second-order valence-corrected chi connectivity index (χ2v) is 9.40. The standard InChI is InChI=1S/C18H16BrClF3N3O3S/c1-11(12-4-3-5-13(19)8-12)24-25-17(27)10-26(30(2,28)29)14-6-7-16(20)15(9-14)18(21,22)23/h3-9H,10H2,1-2H3,(H,25,27)/b24-11-. The fraction of sp³-hybridized carbons (Fsp3) is 0.222. The molecule has 6 nitrogen and oxygen atoms in total. The molecule has 0 aliphatic rings. The van der Waals surface area contributed by atoms with Crippen LogP contribution in [0.25, 0.3) is 0 Å². The molecule has 0 saturated heterocycles. The summed E-state index contributed by atoms with van der Waals surface area (Å²) in [7, 11) is -4.08.